The van der Waals surface area contributed by atoms with Gasteiger partial charge in [-0.25, -0.2) is 8.42 Å². The van der Waals surface area contributed by atoms with Crippen molar-refractivity contribution in [1.82, 2.24) is 4.31 Å². The highest BCUT2D eigenvalue weighted by Crippen LogP contribution is 2.32. The molecule has 5 nitrogen and oxygen atoms in total. The summed E-state index contributed by atoms with van der Waals surface area (Å²) in [4.78, 5) is 10.5. The number of carbonyl (C=O) groups is 1. The topological polar surface area (TPSA) is 67.6 Å². The van der Waals surface area contributed by atoms with E-state index in [4.69, 9.17) is 4.42 Å². The van der Waals surface area contributed by atoms with Crippen molar-refractivity contribution in [3.05, 3.63) is 17.9 Å². The highest BCUT2D eigenvalue weighted by molar-refractivity contribution is 7.89. The lowest BCUT2D eigenvalue weighted by Crippen LogP contribution is -2.30. The Labute approximate surface area is 100 Å². The van der Waals surface area contributed by atoms with Gasteiger partial charge in [0.1, 0.15) is 0 Å². The van der Waals surface area contributed by atoms with Gasteiger partial charge in [0.2, 0.25) is 5.09 Å². The molecule has 1 aliphatic rings. The first-order chi connectivity index (χ1) is 7.85. The quantitative estimate of drug-likeness (QED) is 0.770. The van der Waals surface area contributed by atoms with E-state index in [1.807, 2.05) is 13.8 Å². The summed E-state index contributed by atoms with van der Waals surface area (Å²) in [6, 6.07) is 2.69. The molecule has 0 bridgehead atoms. The second-order valence-corrected chi connectivity index (χ2v) is 6.90. The predicted octanol–water partition coefficient (Wildman–Crippen LogP) is 1.51. The Kier molecular flexibility index (Phi) is 2.87. The Morgan fingerprint density at radius 1 is 1.41 bits per heavy atom. The Balaban J connectivity index is 2.28. The first kappa shape index (κ1) is 12.3. The van der Waals surface area contributed by atoms with Crippen LogP contribution in [0.25, 0.3) is 0 Å². The highest BCUT2D eigenvalue weighted by Gasteiger charge is 2.38. The van der Waals surface area contributed by atoms with Crippen molar-refractivity contribution in [2.75, 3.05) is 13.1 Å². The van der Waals surface area contributed by atoms with Gasteiger partial charge >= 0.3 is 0 Å². The van der Waals surface area contributed by atoms with E-state index in [1.54, 1.807) is 0 Å². The average molecular weight is 257 g/mol. The van der Waals surface area contributed by atoms with E-state index in [-0.39, 0.29) is 16.3 Å². The van der Waals surface area contributed by atoms with Gasteiger partial charge in [-0.15, -0.1) is 0 Å². The molecule has 2 rings (SSSR count). The Morgan fingerprint density at radius 2 is 2.12 bits per heavy atom. The smallest absolute Gasteiger partial charge is 0.276 e. The van der Waals surface area contributed by atoms with Crippen LogP contribution in [0, 0.1) is 5.41 Å². The molecule has 0 spiro atoms. The fourth-order valence-electron chi connectivity index (χ4n) is 1.93. The van der Waals surface area contributed by atoms with Crippen LogP contribution in [0.2, 0.25) is 0 Å². The number of nitrogens with zero attached hydrogens (tertiary/aromatic N) is 1. The second kappa shape index (κ2) is 3.96. The summed E-state index contributed by atoms with van der Waals surface area (Å²) in [6.45, 7) is 5.03. The summed E-state index contributed by atoms with van der Waals surface area (Å²) < 4.78 is 30.7. The molecule has 0 unspecified atom stereocenters. The van der Waals surface area contributed by atoms with Crippen molar-refractivity contribution >= 4 is 16.3 Å². The Hall–Kier alpha value is -1.14. The molecule has 1 aromatic rings. The summed E-state index contributed by atoms with van der Waals surface area (Å²) in [6.07, 6.45) is 1.32. The zero-order valence-corrected chi connectivity index (χ0v) is 10.7. The maximum Gasteiger partial charge on any atom is 0.276 e. The van der Waals surface area contributed by atoms with E-state index in [1.165, 1.54) is 16.4 Å². The maximum atomic E-state index is 12.2. The van der Waals surface area contributed by atoms with Crippen LogP contribution in [0.15, 0.2) is 21.6 Å². The van der Waals surface area contributed by atoms with Crippen molar-refractivity contribution in [2.45, 2.75) is 25.4 Å². The first-order valence-electron chi connectivity index (χ1n) is 5.40. The van der Waals surface area contributed by atoms with Crippen molar-refractivity contribution in [3.63, 3.8) is 0 Å². The normalized spacial score (nSPS) is 20.6. The number of furan rings is 1. The minimum absolute atomic E-state index is 0.00679. The molecule has 17 heavy (non-hydrogen) atoms. The number of sulfonamides is 1. The molecule has 94 valence electrons. The number of hydrogen-bond donors (Lipinski definition) is 0. The van der Waals surface area contributed by atoms with Crippen molar-refractivity contribution in [2.24, 2.45) is 5.41 Å². The number of aldehydes is 1. The molecule has 1 saturated heterocycles. The van der Waals surface area contributed by atoms with E-state index < -0.39 is 10.0 Å². The number of hydrogen-bond acceptors (Lipinski definition) is 4. The maximum absolute atomic E-state index is 12.2. The van der Waals surface area contributed by atoms with Crippen molar-refractivity contribution in [1.29, 1.82) is 0 Å². The highest BCUT2D eigenvalue weighted by atomic mass is 32.2. The standard InChI is InChI=1S/C11H15NO4S/c1-11(2)5-6-12(8-11)17(14,15)10-4-3-9(7-13)16-10/h3-4,7H,5-6,8H2,1-2H3. The first-order valence-corrected chi connectivity index (χ1v) is 6.84. The minimum Gasteiger partial charge on any atom is -0.440 e. The van der Waals surface area contributed by atoms with E-state index in [2.05, 4.69) is 0 Å². The lowest BCUT2D eigenvalue weighted by molar-refractivity contribution is 0.109. The molecule has 0 radical (unpaired) electrons. The number of rotatable bonds is 3. The van der Waals surface area contributed by atoms with E-state index >= 15 is 0 Å². The van der Waals surface area contributed by atoms with Gasteiger partial charge in [0.25, 0.3) is 10.0 Å². The molecule has 6 heteroatoms. The zero-order chi connectivity index (χ0) is 12.7. The molecule has 0 saturated carbocycles. The van der Waals surface area contributed by atoms with Gasteiger partial charge in [0.15, 0.2) is 12.0 Å². The van der Waals surface area contributed by atoms with Gasteiger partial charge in [-0.1, -0.05) is 13.8 Å². The van der Waals surface area contributed by atoms with E-state index in [0.717, 1.165) is 6.42 Å². The van der Waals surface area contributed by atoms with Gasteiger partial charge < -0.3 is 4.42 Å². The van der Waals surface area contributed by atoms with Crippen LogP contribution < -0.4 is 0 Å². The van der Waals surface area contributed by atoms with Gasteiger partial charge in [0, 0.05) is 13.1 Å². The predicted molar refractivity (Wildman–Crippen MR) is 61.3 cm³/mol. The van der Waals surface area contributed by atoms with Crippen LogP contribution in [-0.2, 0) is 10.0 Å². The largest absolute Gasteiger partial charge is 0.440 e. The molecule has 0 amide bonds. The summed E-state index contributed by atoms with van der Waals surface area (Å²) >= 11 is 0. The summed E-state index contributed by atoms with van der Waals surface area (Å²) in [5, 5.41) is -0.155. The van der Waals surface area contributed by atoms with Crippen LogP contribution in [0.4, 0.5) is 0 Å². The van der Waals surface area contributed by atoms with Crippen LogP contribution in [-0.4, -0.2) is 32.1 Å². The van der Waals surface area contributed by atoms with Crippen LogP contribution in [0.3, 0.4) is 0 Å². The summed E-state index contributed by atoms with van der Waals surface area (Å²) in [7, 11) is -3.59. The Bertz CT molecular complexity index is 529. The van der Waals surface area contributed by atoms with E-state index in [9.17, 15) is 13.2 Å². The summed E-state index contributed by atoms with van der Waals surface area (Å²) in [5.74, 6) is 0.0297. The van der Waals surface area contributed by atoms with Crippen LogP contribution >= 0.6 is 0 Å². The lowest BCUT2D eigenvalue weighted by Gasteiger charge is -2.18. The molecule has 0 atom stereocenters. The Morgan fingerprint density at radius 3 is 2.59 bits per heavy atom. The van der Waals surface area contributed by atoms with Crippen LogP contribution in [0.5, 0.6) is 0 Å². The zero-order valence-electron chi connectivity index (χ0n) is 9.84. The molecule has 0 aromatic carbocycles. The summed E-state index contributed by atoms with van der Waals surface area (Å²) in [5.41, 5.74) is -0.00679. The molecular formula is C11H15NO4S. The lowest BCUT2D eigenvalue weighted by atomic mass is 9.93. The molecule has 1 aromatic heterocycles. The minimum atomic E-state index is -3.59. The van der Waals surface area contributed by atoms with Gasteiger partial charge in [-0.05, 0) is 24.0 Å². The SMILES string of the molecule is CC1(C)CCN(S(=O)(=O)c2ccc(C=O)o2)C1. The molecule has 1 fully saturated rings. The monoisotopic (exact) mass is 257 g/mol. The van der Waals surface area contributed by atoms with Gasteiger partial charge in [0.05, 0.1) is 0 Å². The molecule has 0 N–H and O–H groups in total. The third kappa shape index (κ3) is 2.28. The van der Waals surface area contributed by atoms with Gasteiger partial charge in [-0.3, -0.25) is 4.79 Å². The third-order valence-corrected chi connectivity index (χ3v) is 4.67. The molecule has 1 aliphatic heterocycles. The fraction of sp³-hybridized carbons (Fsp3) is 0.545. The van der Waals surface area contributed by atoms with Crippen molar-refractivity contribution in [3.8, 4) is 0 Å². The average Bonchev–Trinajstić information content (AvgIpc) is 2.84. The number of carbonyl (C=O) groups excluding carboxylic acids is 1. The molecule has 0 aliphatic carbocycles. The molecule has 2 heterocycles. The second-order valence-electron chi connectivity index (χ2n) is 5.03. The van der Waals surface area contributed by atoms with Crippen LogP contribution in [0.1, 0.15) is 30.8 Å². The van der Waals surface area contributed by atoms with Crippen molar-refractivity contribution < 1.29 is 17.6 Å². The fourth-order valence-corrected chi connectivity index (χ4v) is 3.48. The van der Waals surface area contributed by atoms with Gasteiger partial charge in [-0.2, -0.15) is 4.31 Å². The molecular weight excluding hydrogens is 242 g/mol. The van der Waals surface area contributed by atoms with E-state index in [0.29, 0.717) is 19.4 Å². The third-order valence-electron chi connectivity index (χ3n) is 2.95.